The number of aromatic nitrogens is 1. The van der Waals surface area contributed by atoms with Gasteiger partial charge in [0.05, 0.1) is 17.9 Å². The van der Waals surface area contributed by atoms with Crippen LogP contribution in [-0.2, 0) is 9.53 Å². The minimum atomic E-state index is -1.16. The fraction of sp³-hybridized carbons (Fsp3) is 0.136. The lowest BCUT2D eigenvalue weighted by atomic mass is 10.1. The standard InChI is InChI=1S/C22H19ClN2O4/c1-2-28-18-11-7-6-10-17(18)25-21(26)20(15-8-4-3-5-9-15)29-22(27)16-12-13-24-19(23)14-16/h3-14,20H,2H2,1H3,(H,25,26). The van der Waals surface area contributed by atoms with E-state index >= 15 is 0 Å². The van der Waals surface area contributed by atoms with E-state index < -0.39 is 18.0 Å². The van der Waals surface area contributed by atoms with Crippen molar-refractivity contribution >= 4 is 29.2 Å². The van der Waals surface area contributed by atoms with Gasteiger partial charge in [0.15, 0.2) is 0 Å². The SMILES string of the molecule is CCOc1ccccc1NC(=O)C(OC(=O)c1ccnc(Cl)c1)c1ccccc1. The molecule has 148 valence electrons. The highest BCUT2D eigenvalue weighted by Crippen LogP contribution is 2.27. The smallest absolute Gasteiger partial charge is 0.339 e. The van der Waals surface area contributed by atoms with E-state index in [1.807, 2.05) is 19.1 Å². The third kappa shape index (κ3) is 5.33. The molecule has 6 nitrogen and oxygen atoms in total. The zero-order chi connectivity index (χ0) is 20.6. The number of para-hydroxylation sites is 2. The van der Waals surface area contributed by atoms with Crippen molar-refractivity contribution in [1.82, 2.24) is 4.98 Å². The lowest BCUT2D eigenvalue weighted by molar-refractivity contribution is -0.125. The Hall–Kier alpha value is -3.38. The van der Waals surface area contributed by atoms with Gasteiger partial charge in [0.1, 0.15) is 10.9 Å². The van der Waals surface area contributed by atoms with Crippen LogP contribution in [-0.4, -0.2) is 23.5 Å². The third-order valence-electron chi connectivity index (χ3n) is 3.97. The molecule has 29 heavy (non-hydrogen) atoms. The second kappa shape index (κ2) is 9.71. The maximum atomic E-state index is 13.0. The quantitative estimate of drug-likeness (QED) is 0.452. The molecule has 0 aliphatic carbocycles. The van der Waals surface area contributed by atoms with Crippen molar-refractivity contribution in [2.45, 2.75) is 13.0 Å². The number of hydrogen-bond donors (Lipinski definition) is 1. The minimum absolute atomic E-state index is 0.158. The Morgan fingerprint density at radius 2 is 1.79 bits per heavy atom. The summed E-state index contributed by atoms with van der Waals surface area (Å²) in [4.78, 5) is 29.5. The van der Waals surface area contributed by atoms with Crippen LogP contribution in [0.4, 0.5) is 5.69 Å². The Morgan fingerprint density at radius 1 is 1.07 bits per heavy atom. The fourth-order valence-corrected chi connectivity index (χ4v) is 2.83. The number of pyridine rings is 1. The molecule has 2 aromatic carbocycles. The molecule has 0 fully saturated rings. The van der Waals surface area contributed by atoms with Crippen molar-refractivity contribution in [3.8, 4) is 5.75 Å². The van der Waals surface area contributed by atoms with Crippen LogP contribution in [0.15, 0.2) is 72.9 Å². The van der Waals surface area contributed by atoms with Gasteiger partial charge in [-0.1, -0.05) is 54.1 Å². The number of carbonyl (C=O) groups is 2. The molecule has 0 bridgehead atoms. The maximum Gasteiger partial charge on any atom is 0.339 e. The number of benzene rings is 2. The summed E-state index contributed by atoms with van der Waals surface area (Å²) in [5.74, 6) is -0.657. The second-order valence-corrected chi connectivity index (χ2v) is 6.37. The first kappa shape index (κ1) is 20.4. The van der Waals surface area contributed by atoms with Crippen LogP contribution in [0.1, 0.15) is 28.9 Å². The van der Waals surface area contributed by atoms with Gasteiger partial charge in [0.25, 0.3) is 5.91 Å². The molecule has 3 rings (SSSR count). The summed E-state index contributed by atoms with van der Waals surface area (Å²) < 4.78 is 11.1. The van der Waals surface area contributed by atoms with Gasteiger partial charge in [-0.3, -0.25) is 4.79 Å². The molecule has 1 unspecified atom stereocenters. The molecule has 0 aliphatic heterocycles. The molecule has 0 radical (unpaired) electrons. The second-order valence-electron chi connectivity index (χ2n) is 5.98. The summed E-state index contributed by atoms with van der Waals surface area (Å²) >= 11 is 5.85. The van der Waals surface area contributed by atoms with Crippen molar-refractivity contribution < 1.29 is 19.1 Å². The van der Waals surface area contributed by atoms with Gasteiger partial charge in [-0.15, -0.1) is 0 Å². The highest BCUT2D eigenvalue weighted by molar-refractivity contribution is 6.29. The van der Waals surface area contributed by atoms with Crippen molar-refractivity contribution in [2.24, 2.45) is 0 Å². The molecule has 0 saturated heterocycles. The van der Waals surface area contributed by atoms with E-state index in [2.05, 4.69) is 10.3 Å². The zero-order valence-electron chi connectivity index (χ0n) is 15.7. The van der Waals surface area contributed by atoms with Crippen molar-refractivity contribution in [2.75, 3.05) is 11.9 Å². The van der Waals surface area contributed by atoms with Crippen LogP contribution in [0.2, 0.25) is 5.15 Å². The van der Waals surface area contributed by atoms with Gasteiger partial charge in [0, 0.05) is 11.8 Å². The average molecular weight is 411 g/mol. The molecule has 0 aliphatic rings. The largest absolute Gasteiger partial charge is 0.492 e. The number of anilines is 1. The summed E-state index contributed by atoms with van der Waals surface area (Å²) in [6, 6.07) is 18.7. The number of halogens is 1. The molecule has 1 heterocycles. The van der Waals surface area contributed by atoms with E-state index in [0.29, 0.717) is 23.6 Å². The Kier molecular flexibility index (Phi) is 6.81. The molecule has 1 aromatic heterocycles. The first-order chi connectivity index (χ1) is 14.1. The van der Waals surface area contributed by atoms with Gasteiger partial charge in [-0.05, 0) is 31.2 Å². The predicted octanol–water partition coefficient (Wildman–Crippen LogP) is 4.67. The highest BCUT2D eigenvalue weighted by Gasteiger charge is 2.26. The number of esters is 1. The topological polar surface area (TPSA) is 77.5 Å². The normalized spacial score (nSPS) is 11.4. The first-order valence-corrected chi connectivity index (χ1v) is 9.36. The lowest BCUT2D eigenvalue weighted by Gasteiger charge is -2.19. The van der Waals surface area contributed by atoms with Crippen LogP contribution in [0, 0.1) is 0 Å². The number of nitrogens with one attached hydrogen (secondary N) is 1. The van der Waals surface area contributed by atoms with Crippen molar-refractivity contribution in [1.29, 1.82) is 0 Å². The molecule has 1 N–H and O–H groups in total. The van der Waals surface area contributed by atoms with Gasteiger partial charge in [0.2, 0.25) is 6.10 Å². The molecular weight excluding hydrogens is 392 g/mol. The van der Waals surface area contributed by atoms with Crippen LogP contribution in [0.3, 0.4) is 0 Å². The van der Waals surface area contributed by atoms with Crippen LogP contribution >= 0.6 is 11.6 Å². The molecule has 1 amide bonds. The number of amides is 1. The van der Waals surface area contributed by atoms with E-state index in [1.54, 1.807) is 42.5 Å². The Balaban J connectivity index is 1.86. The van der Waals surface area contributed by atoms with Crippen LogP contribution < -0.4 is 10.1 Å². The fourth-order valence-electron chi connectivity index (χ4n) is 2.65. The molecule has 1 atom stereocenters. The Bertz CT molecular complexity index is 995. The number of carbonyl (C=O) groups excluding carboxylic acids is 2. The number of nitrogens with zero attached hydrogens (tertiary/aromatic N) is 1. The number of ether oxygens (including phenoxy) is 2. The summed E-state index contributed by atoms with van der Waals surface area (Å²) in [6.07, 6.45) is 0.236. The lowest BCUT2D eigenvalue weighted by Crippen LogP contribution is -2.26. The van der Waals surface area contributed by atoms with Crippen LogP contribution in [0.5, 0.6) is 5.75 Å². The number of rotatable bonds is 7. The van der Waals surface area contributed by atoms with E-state index in [4.69, 9.17) is 21.1 Å². The molecular formula is C22H19ClN2O4. The average Bonchev–Trinajstić information content (AvgIpc) is 2.74. The van der Waals surface area contributed by atoms with E-state index in [0.717, 1.165) is 0 Å². The Morgan fingerprint density at radius 3 is 2.52 bits per heavy atom. The molecule has 3 aromatic rings. The Labute approximate surface area is 173 Å². The molecule has 0 spiro atoms. The minimum Gasteiger partial charge on any atom is -0.492 e. The van der Waals surface area contributed by atoms with Gasteiger partial charge < -0.3 is 14.8 Å². The number of hydrogen-bond acceptors (Lipinski definition) is 5. The monoisotopic (exact) mass is 410 g/mol. The summed E-state index contributed by atoms with van der Waals surface area (Å²) in [5.41, 5.74) is 1.23. The molecule has 7 heteroatoms. The first-order valence-electron chi connectivity index (χ1n) is 8.98. The van der Waals surface area contributed by atoms with E-state index in [-0.39, 0.29) is 10.7 Å². The van der Waals surface area contributed by atoms with Gasteiger partial charge in [-0.2, -0.15) is 0 Å². The zero-order valence-corrected chi connectivity index (χ0v) is 16.4. The molecule has 0 saturated carbocycles. The van der Waals surface area contributed by atoms with E-state index in [1.165, 1.54) is 18.3 Å². The third-order valence-corrected chi connectivity index (χ3v) is 4.18. The van der Waals surface area contributed by atoms with Crippen molar-refractivity contribution in [3.05, 3.63) is 89.2 Å². The van der Waals surface area contributed by atoms with Crippen LogP contribution in [0.25, 0.3) is 0 Å². The predicted molar refractivity (Wildman–Crippen MR) is 110 cm³/mol. The summed E-state index contributed by atoms with van der Waals surface area (Å²) in [5, 5.41) is 2.94. The van der Waals surface area contributed by atoms with E-state index in [9.17, 15) is 9.59 Å². The van der Waals surface area contributed by atoms with Crippen molar-refractivity contribution in [3.63, 3.8) is 0 Å². The van der Waals surface area contributed by atoms with Gasteiger partial charge >= 0.3 is 5.97 Å². The van der Waals surface area contributed by atoms with Gasteiger partial charge in [-0.25, -0.2) is 9.78 Å². The summed E-state index contributed by atoms with van der Waals surface area (Å²) in [6.45, 7) is 2.31. The highest BCUT2D eigenvalue weighted by atomic mass is 35.5. The maximum absolute atomic E-state index is 13.0. The summed E-state index contributed by atoms with van der Waals surface area (Å²) in [7, 11) is 0.